The highest BCUT2D eigenvalue weighted by atomic mass is 35.5. The molecule has 0 spiro atoms. The van der Waals surface area contributed by atoms with Gasteiger partial charge in [-0.05, 0) is 38.5 Å². The van der Waals surface area contributed by atoms with Gasteiger partial charge in [-0.3, -0.25) is 9.59 Å². The predicted molar refractivity (Wildman–Crippen MR) is 116 cm³/mol. The molecular weight excluding hydrogens is 388 g/mol. The maximum atomic E-state index is 12.8. The summed E-state index contributed by atoms with van der Waals surface area (Å²) in [5.74, 6) is -0.261. The van der Waals surface area contributed by atoms with Gasteiger partial charge in [0.25, 0.3) is 11.7 Å². The number of hydrogen-bond acceptors (Lipinski definition) is 3. The van der Waals surface area contributed by atoms with Gasteiger partial charge in [0.05, 0.1) is 17.2 Å². The molecule has 3 rings (SSSR count). The molecule has 0 aliphatic rings. The standard InChI is InChI=1S/C23H25ClN2O3/c1-3-25(4-2)23(28)22(27)18-16-26(20-12-7-5-10-17(18)20)14-9-15-29-21-13-8-6-11-19(21)24/h5-8,10-13,16H,3-4,9,14-15H2,1-2H3. The second kappa shape index (κ2) is 9.61. The maximum absolute atomic E-state index is 12.8. The number of Topliss-reactive ketones (excluding diaryl/α,β-unsaturated/α-hetero) is 1. The van der Waals surface area contributed by atoms with Gasteiger partial charge in [-0.25, -0.2) is 0 Å². The molecule has 1 aromatic heterocycles. The molecule has 152 valence electrons. The van der Waals surface area contributed by atoms with Gasteiger partial charge in [-0.2, -0.15) is 0 Å². The normalized spacial score (nSPS) is 10.9. The molecular formula is C23H25ClN2O3. The van der Waals surface area contributed by atoms with Gasteiger partial charge in [0.15, 0.2) is 0 Å². The maximum Gasteiger partial charge on any atom is 0.295 e. The van der Waals surface area contributed by atoms with E-state index in [2.05, 4.69) is 0 Å². The molecule has 0 aliphatic carbocycles. The lowest BCUT2D eigenvalue weighted by Gasteiger charge is -2.17. The Morgan fingerprint density at radius 3 is 2.45 bits per heavy atom. The highest BCUT2D eigenvalue weighted by Gasteiger charge is 2.24. The number of para-hydroxylation sites is 2. The lowest BCUT2D eigenvalue weighted by atomic mass is 10.1. The zero-order chi connectivity index (χ0) is 20.8. The van der Waals surface area contributed by atoms with Crippen molar-refractivity contribution in [3.63, 3.8) is 0 Å². The number of aryl methyl sites for hydroxylation is 1. The van der Waals surface area contributed by atoms with Crippen LogP contribution in [0.15, 0.2) is 54.7 Å². The van der Waals surface area contributed by atoms with Crippen molar-refractivity contribution in [3.8, 4) is 5.75 Å². The molecule has 0 atom stereocenters. The third-order valence-corrected chi connectivity index (χ3v) is 5.23. The molecule has 0 bridgehead atoms. The number of carbonyl (C=O) groups is 2. The minimum Gasteiger partial charge on any atom is -0.492 e. The lowest BCUT2D eigenvalue weighted by Crippen LogP contribution is -2.36. The van der Waals surface area contributed by atoms with Crippen LogP contribution >= 0.6 is 11.6 Å². The van der Waals surface area contributed by atoms with Crippen LogP contribution in [0.2, 0.25) is 5.02 Å². The first kappa shape index (κ1) is 20.9. The Morgan fingerprint density at radius 1 is 1.03 bits per heavy atom. The zero-order valence-corrected chi connectivity index (χ0v) is 17.5. The highest BCUT2D eigenvalue weighted by molar-refractivity contribution is 6.44. The number of ketones is 1. The van der Waals surface area contributed by atoms with Crippen molar-refractivity contribution in [3.05, 3.63) is 65.3 Å². The number of nitrogens with zero attached hydrogens (tertiary/aromatic N) is 2. The van der Waals surface area contributed by atoms with Gasteiger partial charge >= 0.3 is 0 Å². The summed E-state index contributed by atoms with van der Waals surface area (Å²) in [7, 11) is 0. The van der Waals surface area contributed by atoms with E-state index in [4.69, 9.17) is 16.3 Å². The molecule has 0 fully saturated rings. The molecule has 5 nitrogen and oxygen atoms in total. The molecule has 0 radical (unpaired) electrons. The number of rotatable bonds is 9. The van der Waals surface area contributed by atoms with Crippen molar-refractivity contribution < 1.29 is 14.3 Å². The number of carbonyl (C=O) groups excluding carboxylic acids is 2. The largest absolute Gasteiger partial charge is 0.492 e. The Labute approximate surface area is 175 Å². The first-order chi connectivity index (χ1) is 14.1. The summed E-state index contributed by atoms with van der Waals surface area (Å²) in [6.07, 6.45) is 2.52. The van der Waals surface area contributed by atoms with E-state index < -0.39 is 11.7 Å². The average Bonchev–Trinajstić information content (AvgIpc) is 3.11. The summed E-state index contributed by atoms with van der Waals surface area (Å²) in [4.78, 5) is 26.9. The van der Waals surface area contributed by atoms with E-state index in [1.165, 1.54) is 0 Å². The van der Waals surface area contributed by atoms with E-state index in [1.54, 1.807) is 17.2 Å². The van der Waals surface area contributed by atoms with Gasteiger partial charge in [0, 0.05) is 36.7 Å². The number of halogens is 1. The van der Waals surface area contributed by atoms with Crippen LogP contribution in [0.4, 0.5) is 0 Å². The minimum absolute atomic E-state index is 0.449. The second-order valence-corrected chi connectivity index (χ2v) is 7.10. The Morgan fingerprint density at radius 2 is 1.72 bits per heavy atom. The fourth-order valence-electron chi connectivity index (χ4n) is 3.36. The third kappa shape index (κ3) is 4.62. The smallest absolute Gasteiger partial charge is 0.295 e. The SMILES string of the molecule is CCN(CC)C(=O)C(=O)c1cn(CCCOc2ccccc2Cl)c2ccccc12. The third-order valence-electron chi connectivity index (χ3n) is 4.92. The van der Waals surface area contributed by atoms with Crippen molar-refractivity contribution in [1.29, 1.82) is 0 Å². The van der Waals surface area contributed by atoms with Gasteiger partial charge in [-0.15, -0.1) is 0 Å². The van der Waals surface area contributed by atoms with Crippen LogP contribution in [0, 0.1) is 0 Å². The first-order valence-corrected chi connectivity index (χ1v) is 10.2. The Hall–Kier alpha value is -2.79. The quantitative estimate of drug-likeness (QED) is 0.288. The van der Waals surface area contributed by atoms with Crippen LogP contribution < -0.4 is 4.74 Å². The van der Waals surface area contributed by atoms with Gasteiger partial charge < -0.3 is 14.2 Å². The molecule has 29 heavy (non-hydrogen) atoms. The molecule has 1 amide bonds. The summed E-state index contributed by atoms with van der Waals surface area (Å²) >= 11 is 6.11. The van der Waals surface area contributed by atoms with E-state index in [0.717, 1.165) is 17.3 Å². The average molecular weight is 413 g/mol. The van der Waals surface area contributed by atoms with Gasteiger partial charge in [-0.1, -0.05) is 41.9 Å². The van der Waals surface area contributed by atoms with Crippen LogP contribution in [-0.4, -0.2) is 40.9 Å². The lowest BCUT2D eigenvalue weighted by molar-refractivity contribution is -0.126. The molecule has 0 N–H and O–H groups in total. The predicted octanol–water partition coefficient (Wildman–Crippen LogP) is 4.81. The molecule has 6 heteroatoms. The Balaban J connectivity index is 1.75. The number of fused-ring (bicyclic) bond motifs is 1. The van der Waals surface area contributed by atoms with E-state index in [0.29, 0.717) is 42.6 Å². The minimum atomic E-state index is -0.462. The molecule has 0 unspecified atom stereocenters. The van der Waals surface area contributed by atoms with E-state index in [9.17, 15) is 9.59 Å². The topological polar surface area (TPSA) is 51.5 Å². The summed E-state index contributed by atoms with van der Waals surface area (Å²) in [5, 5.41) is 1.38. The van der Waals surface area contributed by atoms with Crippen LogP contribution in [0.25, 0.3) is 10.9 Å². The van der Waals surface area contributed by atoms with E-state index >= 15 is 0 Å². The van der Waals surface area contributed by atoms with Crippen molar-refractivity contribution >= 4 is 34.2 Å². The number of hydrogen-bond donors (Lipinski definition) is 0. The fourth-order valence-corrected chi connectivity index (χ4v) is 3.55. The molecule has 1 heterocycles. The van der Waals surface area contributed by atoms with E-state index in [-0.39, 0.29) is 0 Å². The highest BCUT2D eigenvalue weighted by Crippen LogP contribution is 2.24. The van der Waals surface area contributed by atoms with Crippen molar-refractivity contribution in [2.75, 3.05) is 19.7 Å². The van der Waals surface area contributed by atoms with Crippen molar-refractivity contribution in [2.45, 2.75) is 26.8 Å². The molecule has 2 aromatic carbocycles. The summed E-state index contributed by atoms with van der Waals surface area (Å²) in [5.41, 5.74) is 1.38. The van der Waals surface area contributed by atoms with Crippen LogP contribution in [-0.2, 0) is 11.3 Å². The number of likely N-dealkylation sites (N-methyl/N-ethyl adjacent to an activating group) is 1. The summed E-state index contributed by atoms with van der Waals surface area (Å²) in [6, 6.07) is 15.0. The summed E-state index contributed by atoms with van der Waals surface area (Å²) < 4.78 is 7.76. The fraction of sp³-hybridized carbons (Fsp3) is 0.304. The number of aromatic nitrogens is 1. The zero-order valence-electron chi connectivity index (χ0n) is 16.7. The first-order valence-electron chi connectivity index (χ1n) is 9.85. The van der Waals surface area contributed by atoms with Crippen molar-refractivity contribution in [1.82, 2.24) is 9.47 Å². The van der Waals surface area contributed by atoms with Gasteiger partial charge in [0.2, 0.25) is 0 Å². The Bertz CT molecular complexity index is 1010. The van der Waals surface area contributed by atoms with Crippen LogP contribution in [0.3, 0.4) is 0 Å². The van der Waals surface area contributed by atoms with Gasteiger partial charge in [0.1, 0.15) is 5.75 Å². The monoisotopic (exact) mass is 412 g/mol. The van der Waals surface area contributed by atoms with Crippen LogP contribution in [0.5, 0.6) is 5.75 Å². The van der Waals surface area contributed by atoms with Crippen molar-refractivity contribution in [2.24, 2.45) is 0 Å². The second-order valence-electron chi connectivity index (χ2n) is 6.69. The molecule has 3 aromatic rings. The molecule has 0 aliphatic heterocycles. The number of benzene rings is 2. The Kier molecular flexibility index (Phi) is 6.94. The number of ether oxygens (including phenoxy) is 1. The van der Waals surface area contributed by atoms with E-state index in [1.807, 2.05) is 60.9 Å². The summed E-state index contributed by atoms with van der Waals surface area (Å²) in [6.45, 7) is 5.93. The van der Waals surface area contributed by atoms with Crippen LogP contribution in [0.1, 0.15) is 30.6 Å². The molecule has 0 saturated carbocycles. The molecule has 0 saturated heterocycles. The number of amides is 1.